The quantitative estimate of drug-likeness (QED) is 0.364. The largest absolute Gasteiger partial charge is 0.497 e. The van der Waals surface area contributed by atoms with E-state index in [1.54, 1.807) is 35.6 Å². The Morgan fingerprint density at radius 2 is 1.80 bits per heavy atom. The van der Waals surface area contributed by atoms with Crippen LogP contribution in [0.3, 0.4) is 0 Å². The van der Waals surface area contributed by atoms with Gasteiger partial charge in [-0.3, -0.25) is 19.4 Å². The Morgan fingerprint density at radius 1 is 1.03 bits per heavy atom. The third-order valence-electron chi connectivity index (χ3n) is 6.00. The van der Waals surface area contributed by atoms with Crippen LogP contribution < -0.4 is 15.9 Å². The number of rotatable bonds is 10. The van der Waals surface area contributed by atoms with Crippen LogP contribution in [0, 0.1) is 0 Å². The molecule has 8 nitrogen and oxygen atoms in total. The van der Waals surface area contributed by atoms with E-state index in [4.69, 9.17) is 21.1 Å². The summed E-state index contributed by atoms with van der Waals surface area (Å²) in [5.74, 6) is 0.700. The summed E-state index contributed by atoms with van der Waals surface area (Å²) in [6.45, 7) is 2.77. The van der Waals surface area contributed by atoms with Crippen LogP contribution in [-0.4, -0.2) is 60.2 Å². The van der Waals surface area contributed by atoms with E-state index in [0.717, 1.165) is 17.7 Å². The highest BCUT2D eigenvalue weighted by molar-refractivity contribution is 6.30. The van der Waals surface area contributed by atoms with Crippen LogP contribution in [-0.2, 0) is 17.8 Å². The smallest absolute Gasteiger partial charge is 0.276 e. The van der Waals surface area contributed by atoms with Gasteiger partial charge in [0, 0.05) is 31.3 Å². The number of fused-ring (bicyclic) bond motifs is 1. The van der Waals surface area contributed by atoms with Crippen LogP contribution >= 0.6 is 11.6 Å². The minimum Gasteiger partial charge on any atom is -0.497 e. The van der Waals surface area contributed by atoms with E-state index in [0.29, 0.717) is 47.1 Å². The molecule has 2 heterocycles. The number of hydrogen-bond acceptors (Lipinski definition) is 5. The first-order valence-electron chi connectivity index (χ1n) is 11.3. The zero-order valence-electron chi connectivity index (χ0n) is 20.1. The third-order valence-corrected chi connectivity index (χ3v) is 6.25. The molecule has 0 fully saturated rings. The number of halogens is 1. The maximum atomic E-state index is 13.6. The number of nitrogens with zero attached hydrogens (tertiary/aromatic N) is 3. The first kappa shape index (κ1) is 24.8. The van der Waals surface area contributed by atoms with E-state index in [1.165, 1.54) is 6.07 Å². The molecule has 35 heavy (non-hydrogen) atoms. The van der Waals surface area contributed by atoms with Gasteiger partial charge < -0.3 is 18.9 Å². The fourth-order valence-electron chi connectivity index (χ4n) is 4.09. The molecule has 0 spiro atoms. The van der Waals surface area contributed by atoms with Crippen molar-refractivity contribution in [1.29, 1.82) is 0 Å². The summed E-state index contributed by atoms with van der Waals surface area (Å²) in [4.78, 5) is 29.0. The van der Waals surface area contributed by atoms with Crippen LogP contribution in [0.4, 0.5) is 0 Å². The van der Waals surface area contributed by atoms with E-state index >= 15 is 0 Å². The van der Waals surface area contributed by atoms with Crippen molar-refractivity contribution < 1.29 is 9.47 Å². The summed E-state index contributed by atoms with van der Waals surface area (Å²) >= 11 is 6.13. The zero-order valence-corrected chi connectivity index (χ0v) is 20.8. The molecule has 9 heteroatoms. The Balaban J connectivity index is 1.84. The molecule has 4 rings (SSSR count). The van der Waals surface area contributed by atoms with Gasteiger partial charge in [0.15, 0.2) is 0 Å². The fourth-order valence-corrected chi connectivity index (χ4v) is 4.21. The highest BCUT2D eigenvalue weighted by Gasteiger charge is 2.19. The lowest BCUT2D eigenvalue weighted by Crippen LogP contribution is -2.30. The minimum absolute atomic E-state index is 0.176. The number of methoxy groups -OCH3 is 2. The Labute approximate surface area is 208 Å². The maximum Gasteiger partial charge on any atom is 0.276 e. The minimum atomic E-state index is -0.212. The summed E-state index contributed by atoms with van der Waals surface area (Å²) < 4.78 is 13.7. The lowest BCUT2D eigenvalue weighted by atomic mass is 10.1. The molecule has 0 radical (unpaired) electrons. The molecule has 1 N–H and O–H groups in total. The number of ether oxygens (including phenoxy) is 2. The number of nitrogens with one attached hydrogen (secondary N) is 1. The molecular formula is C26H29ClN4O4. The van der Waals surface area contributed by atoms with Gasteiger partial charge in [0.1, 0.15) is 5.75 Å². The van der Waals surface area contributed by atoms with E-state index in [2.05, 4.69) is 10.00 Å². The van der Waals surface area contributed by atoms with Crippen molar-refractivity contribution in [2.45, 2.75) is 13.1 Å². The average Bonchev–Trinajstić information content (AvgIpc) is 3.17. The van der Waals surface area contributed by atoms with Crippen LogP contribution in [0.5, 0.6) is 5.75 Å². The van der Waals surface area contributed by atoms with Crippen molar-refractivity contribution in [1.82, 2.24) is 19.2 Å². The standard InChI is InChI=1S/C26H29ClN4O4/c1-29(13-14-34-2)11-12-31-26(33)24-22(28-31)16-23(32)30(17-18-5-4-6-21(15-18)35-3)25(24)19-7-9-20(27)10-8-19/h4-10,15-16,28H,11-14,17H2,1-3H3. The normalized spacial score (nSPS) is 11.5. The molecule has 0 aliphatic heterocycles. The predicted octanol–water partition coefficient (Wildman–Crippen LogP) is 3.45. The van der Waals surface area contributed by atoms with Gasteiger partial charge in [-0.1, -0.05) is 35.9 Å². The fraction of sp³-hybridized carbons (Fsp3) is 0.308. The molecule has 0 saturated carbocycles. The van der Waals surface area contributed by atoms with Crippen molar-refractivity contribution in [3.63, 3.8) is 0 Å². The molecule has 0 unspecified atom stereocenters. The first-order valence-corrected chi connectivity index (χ1v) is 11.7. The molecule has 184 valence electrons. The lowest BCUT2D eigenvalue weighted by molar-refractivity contribution is 0.158. The average molecular weight is 497 g/mol. The number of H-pyrrole nitrogens is 1. The highest BCUT2D eigenvalue weighted by atomic mass is 35.5. The molecule has 0 aliphatic rings. The third kappa shape index (κ3) is 5.51. The molecule has 2 aromatic carbocycles. The highest BCUT2D eigenvalue weighted by Crippen LogP contribution is 2.27. The Morgan fingerprint density at radius 3 is 2.51 bits per heavy atom. The van der Waals surface area contributed by atoms with Crippen molar-refractivity contribution in [3.8, 4) is 17.0 Å². The summed E-state index contributed by atoms with van der Waals surface area (Å²) in [5, 5.41) is 4.18. The van der Waals surface area contributed by atoms with Crippen molar-refractivity contribution in [3.05, 3.63) is 85.9 Å². The van der Waals surface area contributed by atoms with E-state index < -0.39 is 0 Å². The molecule has 0 saturated heterocycles. The monoisotopic (exact) mass is 496 g/mol. The topological polar surface area (TPSA) is 81.5 Å². The molecule has 0 bridgehead atoms. The molecule has 0 amide bonds. The van der Waals surface area contributed by atoms with Gasteiger partial charge in [-0.05, 0) is 42.4 Å². The summed E-state index contributed by atoms with van der Waals surface area (Å²) in [6.07, 6.45) is 0. The van der Waals surface area contributed by atoms with Crippen molar-refractivity contribution in [2.75, 3.05) is 41.0 Å². The van der Waals surface area contributed by atoms with Crippen LogP contribution in [0.25, 0.3) is 22.2 Å². The summed E-state index contributed by atoms with van der Waals surface area (Å²) in [5.41, 5.74) is 2.29. The Kier molecular flexibility index (Phi) is 7.75. The van der Waals surface area contributed by atoms with Gasteiger partial charge in [-0.2, -0.15) is 0 Å². The van der Waals surface area contributed by atoms with E-state index in [9.17, 15) is 9.59 Å². The Bertz CT molecular complexity index is 1420. The molecular weight excluding hydrogens is 468 g/mol. The van der Waals surface area contributed by atoms with Gasteiger partial charge in [0.25, 0.3) is 11.1 Å². The molecule has 2 aromatic heterocycles. The number of hydrogen-bond donors (Lipinski definition) is 1. The van der Waals surface area contributed by atoms with Gasteiger partial charge in [-0.25, -0.2) is 0 Å². The molecule has 0 atom stereocenters. The number of pyridine rings is 1. The molecule has 4 aromatic rings. The van der Waals surface area contributed by atoms with Crippen LogP contribution in [0.15, 0.2) is 64.2 Å². The van der Waals surface area contributed by atoms with Crippen molar-refractivity contribution in [2.24, 2.45) is 0 Å². The van der Waals surface area contributed by atoms with Crippen molar-refractivity contribution >= 4 is 22.5 Å². The van der Waals surface area contributed by atoms with E-state index in [1.807, 2.05) is 43.4 Å². The van der Waals surface area contributed by atoms with Crippen LogP contribution in [0.1, 0.15) is 5.56 Å². The number of aromatic nitrogens is 3. The van der Waals surface area contributed by atoms with Gasteiger partial charge >= 0.3 is 0 Å². The SMILES string of the molecule is COCCN(C)CCn1[nH]c2cc(=O)n(Cc3cccc(OC)c3)c(-c3ccc(Cl)cc3)c2c1=O. The first-order chi connectivity index (χ1) is 16.9. The molecule has 0 aliphatic carbocycles. The number of likely N-dealkylation sites (N-methyl/N-ethyl adjacent to an activating group) is 1. The van der Waals surface area contributed by atoms with Gasteiger partial charge in [0.05, 0.1) is 43.4 Å². The second kappa shape index (κ2) is 10.9. The second-order valence-electron chi connectivity index (χ2n) is 8.43. The van der Waals surface area contributed by atoms with Gasteiger partial charge in [0.2, 0.25) is 0 Å². The maximum absolute atomic E-state index is 13.6. The number of aromatic amines is 1. The van der Waals surface area contributed by atoms with Gasteiger partial charge in [-0.15, -0.1) is 0 Å². The Hall–Kier alpha value is -3.33. The van der Waals surface area contributed by atoms with E-state index in [-0.39, 0.29) is 17.7 Å². The second-order valence-corrected chi connectivity index (χ2v) is 8.87. The zero-order chi connectivity index (χ0) is 24.9. The predicted molar refractivity (Wildman–Crippen MR) is 139 cm³/mol. The lowest BCUT2D eigenvalue weighted by Gasteiger charge is -2.15. The number of benzene rings is 2. The summed E-state index contributed by atoms with van der Waals surface area (Å²) in [6, 6.07) is 16.2. The summed E-state index contributed by atoms with van der Waals surface area (Å²) in [7, 11) is 5.24. The van der Waals surface area contributed by atoms with Crippen LogP contribution in [0.2, 0.25) is 5.02 Å².